The second kappa shape index (κ2) is 7.18. The van der Waals surface area contributed by atoms with Crippen LogP contribution in [-0.2, 0) is 19.6 Å². The molecule has 0 fully saturated rings. The maximum atomic E-state index is 12.2. The first-order chi connectivity index (χ1) is 10.8. The summed E-state index contributed by atoms with van der Waals surface area (Å²) < 4.78 is 35.9. The van der Waals surface area contributed by atoms with E-state index in [1.807, 2.05) is 13.0 Å². The van der Waals surface area contributed by atoms with Gasteiger partial charge < -0.3 is 14.8 Å². The Hall–Kier alpha value is -1.80. The lowest BCUT2D eigenvalue weighted by atomic mass is 10.1. The standard InChI is InChI=1S/C15H22N2O5S/c1-11-5-6-13-12(9-11)17(23(3,19)20)10-14(22-13)15(18)16-7-4-8-21-2/h5-6,9,14H,4,7-8,10H2,1-3H3,(H,16,18). The second-order valence-electron chi connectivity index (χ2n) is 5.51. The number of anilines is 1. The molecule has 0 spiro atoms. The minimum atomic E-state index is -3.50. The number of ether oxygens (including phenoxy) is 2. The van der Waals surface area contributed by atoms with Gasteiger partial charge in [0, 0.05) is 20.3 Å². The zero-order valence-corrected chi connectivity index (χ0v) is 14.4. The molecule has 0 radical (unpaired) electrons. The summed E-state index contributed by atoms with van der Waals surface area (Å²) in [5.41, 5.74) is 1.39. The molecule has 0 bridgehead atoms. The zero-order valence-electron chi connectivity index (χ0n) is 13.5. The smallest absolute Gasteiger partial charge is 0.263 e. The molecule has 0 saturated carbocycles. The van der Waals surface area contributed by atoms with Crippen molar-refractivity contribution in [2.45, 2.75) is 19.4 Å². The number of amides is 1. The third-order valence-electron chi connectivity index (χ3n) is 3.50. The number of sulfonamides is 1. The van der Waals surface area contributed by atoms with Crippen LogP contribution in [0.3, 0.4) is 0 Å². The molecular formula is C15H22N2O5S. The molecular weight excluding hydrogens is 320 g/mol. The minimum absolute atomic E-state index is 0.0363. The molecule has 0 saturated heterocycles. The van der Waals surface area contributed by atoms with E-state index in [0.29, 0.717) is 31.0 Å². The Labute approximate surface area is 136 Å². The van der Waals surface area contributed by atoms with Crippen LogP contribution in [0.5, 0.6) is 5.75 Å². The highest BCUT2D eigenvalue weighted by molar-refractivity contribution is 7.92. The maximum Gasteiger partial charge on any atom is 0.263 e. The van der Waals surface area contributed by atoms with Crippen LogP contribution in [0.4, 0.5) is 5.69 Å². The van der Waals surface area contributed by atoms with Gasteiger partial charge in [-0.2, -0.15) is 0 Å². The van der Waals surface area contributed by atoms with Gasteiger partial charge in [0.15, 0.2) is 6.10 Å². The lowest BCUT2D eigenvalue weighted by Gasteiger charge is -2.34. The van der Waals surface area contributed by atoms with E-state index in [-0.39, 0.29) is 12.5 Å². The highest BCUT2D eigenvalue weighted by Crippen LogP contribution is 2.35. The largest absolute Gasteiger partial charge is 0.476 e. The summed E-state index contributed by atoms with van der Waals surface area (Å²) in [6.07, 6.45) is 0.931. The third kappa shape index (κ3) is 4.35. The van der Waals surface area contributed by atoms with Crippen LogP contribution < -0.4 is 14.4 Å². The van der Waals surface area contributed by atoms with Crippen molar-refractivity contribution in [1.82, 2.24) is 5.32 Å². The molecule has 0 aromatic heterocycles. The van der Waals surface area contributed by atoms with Gasteiger partial charge >= 0.3 is 0 Å². The molecule has 2 rings (SSSR count). The van der Waals surface area contributed by atoms with E-state index < -0.39 is 16.1 Å². The second-order valence-corrected chi connectivity index (χ2v) is 7.42. The SMILES string of the molecule is COCCCNC(=O)C1CN(S(C)(=O)=O)c2cc(C)ccc2O1. The number of benzene rings is 1. The summed E-state index contributed by atoms with van der Waals surface area (Å²) in [7, 11) is -1.91. The summed E-state index contributed by atoms with van der Waals surface area (Å²) >= 11 is 0. The molecule has 1 heterocycles. The Bertz CT molecular complexity index is 674. The van der Waals surface area contributed by atoms with Crippen molar-refractivity contribution in [2.75, 3.05) is 37.4 Å². The topological polar surface area (TPSA) is 84.9 Å². The molecule has 8 heteroatoms. The zero-order chi connectivity index (χ0) is 17.0. The van der Waals surface area contributed by atoms with Crippen LogP contribution in [0.1, 0.15) is 12.0 Å². The molecule has 1 atom stereocenters. The van der Waals surface area contributed by atoms with Crippen molar-refractivity contribution in [3.8, 4) is 5.75 Å². The Morgan fingerprint density at radius 2 is 2.22 bits per heavy atom. The maximum absolute atomic E-state index is 12.2. The van der Waals surface area contributed by atoms with E-state index in [9.17, 15) is 13.2 Å². The van der Waals surface area contributed by atoms with Crippen LogP contribution in [0.2, 0.25) is 0 Å². The molecule has 1 amide bonds. The van der Waals surface area contributed by atoms with Crippen molar-refractivity contribution in [1.29, 1.82) is 0 Å². The normalized spacial score (nSPS) is 17.3. The molecule has 7 nitrogen and oxygen atoms in total. The van der Waals surface area contributed by atoms with Gasteiger partial charge in [-0.1, -0.05) is 6.07 Å². The Morgan fingerprint density at radius 3 is 2.87 bits per heavy atom. The molecule has 1 aliphatic rings. The van der Waals surface area contributed by atoms with Crippen molar-refractivity contribution >= 4 is 21.6 Å². The van der Waals surface area contributed by atoms with Crippen LogP contribution in [0.25, 0.3) is 0 Å². The fraction of sp³-hybridized carbons (Fsp3) is 0.533. The molecule has 1 aromatic rings. The van der Waals surface area contributed by atoms with Crippen molar-refractivity contribution in [3.63, 3.8) is 0 Å². The number of carbonyl (C=O) groups is 1. The van der Waals surface area contributed by atoms with Crippen molar-refractivity contribution in [3.05, 3.63) is 23.8 Å². The summed E-state index contributed by atoms with van der Waals surface area (Å²) in [6.45, 7) is 2.83. The highest BCUT2D eigenvalue weighted by atomic mass is 32.2. The molecule has 1 aromatic carbocycles. The van der Waals surface area contributed by atoms with E-state index in [1.165, 1.54) is 4.31 Å². The lowest BCUT2D eigenvalue weighted by molar-refractivity contribution is -0.127. The summed E-state index contributed by atoms with van der Waals surface area (Å²) in [4.78, 5) is 12.2. The fourth-order valence-corrected chi connectivity index (χ4v) is 3.26. The van der Waals surface area contributed by atoms with Crippen LogP contribution in [0, 0.1) is 6.92 Å². The molecule has 1 N–H and O–H groups in total. The van der Waals surface area contributed by atoms with Gasteiger partial charge in [-0.25, -0.2) is 8.42 Å². The number of aryl methyl sites for hydroxylation is 1. The number of carbonyl (C=O) groups excluding carboxylic acids is 1. The van der Waals surface area contributed by atoms with E-state index in [4.69, 9.17) is 9.47 Å². The number of hydrogen-bond acceptors (Lipinski definition) is 5. The Kier molecular flexibility index (Phi) is 5.48. The summed E-state index contributed by atoms with van der Waals surface area (Å²) in [5, 5.41) is 2.74. The molecule has 0 aliphatic carbocycles. The van der Waals surface area contributed by atoms with Gasteiger partial charge in [0.1, 0.15) is 5.75 Å². The number of fused-ring (bicyclic) bond motifs is 1. The number of methoxy groups -OCH3 is 1. The first kappa shape index (κ1) is 17.6. The predicted molar refractivity (Wildman–Crippen MR) is 87.3 cm³/mol. The Morgan fingerprint density at radius 1 is 1.48 bits per heavy atom. The van der Waals surface area contributed by atoms with E-state index >= 15 is 0 Å². The highest BCUT2D eigenvalue weighted by Gasteiger charge is 2.34. The number of nitrogens with one attached hydrogen (secondary N) is 1. The van der Waals surface area contributed by atoms with Gasteiger partial charge in [-0.05, 0) is 31.0 Å². The number of nitrogens with zero attached hydrogens (tertiary/aromatic N) is 1. The van der Waals surface area contributed by atoms with Crippen LogP contribution >= 0.6 is 0 Å². The van der Waals surface area contributed by atoms with Gasteiger partial charge in [0.05, 0.1) is 18.5 Å². The monoisotopic (exact) mass is 342 g/mol. The first-order valence-electron chi connectivity index (χ1n) is 7.34. The quantitative estimate of drug-likeness (QED) is 0.768. The van der Waals surface area contributed by atoms with Crippen molar-refractivity contribution < 1.29 is 22.7 Å². The Balaban J connectivity index is 2.17. The average molecular weight is 342 g/mol. The van der Waals surface area contributed by atoms with E-state index in [1.54, 1.807) is 19.2 Å². The van der Waals surface area contributed by atoms with Gasteiger partial charge in [-0.3, -0.25) is 9.10 Å². The van der Waals surface area contributed by atoms with Crippen LogP contribution in [0.15, 0.2) is 18.2 Å². The summed E-state index contributed by atoms with van der Waals surface area (Å²) in [5.74, 6) is 0.0605. The van der Waals surface area contributed by atoms with E-state index in [0.717, 1.165) is 11.8 Å². The summed E-state index contributed by atoms with van der Waals surface area (Å²) in [6, 6.07) is 5.24. The lowest BCUT2D eigenvalue weighted by Crippen LogP contribution is -2.50. The van der Waals surface area contributed by atoms with Crippen molar-refractivity contribution in [2.24, 2.45) is 0 Å². The van der Waals surface area contributed by atoms with Gasteiger partial charge in [-0.15, -0.1) is 0 Å². The molecule has 23 heavy (non-hydrogen) atoms. The van der Waals surface area contributed by atoms with Gasteiger partial charge in [0.25, 0.3) is 5.91 Å². The minimum Gasteiger partial charge on any atom is -0.476 e. The number of rotatable bonds is 6. The number of hydrogen-bond donors (Lipinski definition) is 1. The predicted octanol–water partition coefficient (Wildman–Crippen LogP) is 0.675. The van der Waals surface area contributed by atoms with Gasteiger partial charge in [0.2, 0.25) is 10.0 Å². The molecule has 1 aliphatic heterocycles. The fourth-order valence-electron chi connectivity index (χ4n) is 2.35. The molecule has 128 valence electrons. The average Bonchev–Trinajstić information content (AvgIpc) is 2.49. The van der Waals surface area contributed by atoms with E-state index in [2.05, 4.69) is 5.32 Å². The van der Waals surface area contributed by atoms with Crippen LogP contribution in [-0.4, -0.2) is 53.5 Å². The molecule has 1 unspecified atom stereocenters. The third-order valence-corrected chi connectivity index (χ3v) is 4.65. The first-order valence-corrected chi connectivity index (χ1v) is 9.19.